The highest BCUT2D eigenvalue weighted by molar-refractivity contribution is 9.10. The van der Waals surface area contributed by atoms with Gasteiger partial charge in [0, 0.05) is 4.47 Å². The van der Waals surface area contributed by atoms with Crippen molar-refractivity contribution in [3.63, 3.8) is 0 Å². The smallest absolute Gasteiger partial charge is 0.307 e. The molecule has 0 heterocycles. The lowest BCUT2D eigenvalue weighted by Gasteiger charge is -2.03. The summed E-state index contributed by atoms with van der Waals surface area (Å²) in [7, 11) is 0. The number of benzene rings is 1. The van der Waals surface area contributed by atoms with Crippen LogP contribution in [0.4, 0.5) is 10.1 Å². The van der Waals surface area contributed by atoms with Crippen LogP contribution in [0.3, 0.4) is 0 Å². The van der Waals surface area contributed by atoms with Crippen LogP contribution in [0.1, 0.15) is 5.56 Å². The monoisotopic (exact) mass is 247 g/mol. The van der Waals surface area contributed by atoms with Crippen LogP contribution in [0.15, 0.2) is 16.6 Å². The van der Waals surface area contributed by atoms with Crippen molar-refractivity contribution in [3.05, 3.63) is 28.0 Å². The third-order valence-electron chi connectivity index (χ3n) is 1.51. The second kappa shape index (κ2) is 3.74. The van der Waals surface area contributed by atoms with E-state index in [1.54, 1.807) is 0 Å². The number of hydrogen-bond donors (Lipinski definition) is 2. The van der Waals surface area contributed by atoms with E-state index in [0.29, 0.717) is 10.0 Å². The van der Waals surface area contributed by atoms with Crippen LogP contribution < -0.4 is 5.73 Å². The second-order valence-corrected chi connectivity index (χ2v) is 3.39. The summed E-state index contributed by atoms with van der Waals surface area (Å²) >= 11 is 3.05. The fourth-order valence-electron chi connectivity index (χ4n) is 0.911. The molecule has 0 aliphatic rings. The molecule has 0 aliphatic heterocycles. The van der Waals surface area contributed by atoms with Crippen molar-refractivity contribution < 1.29 is 14.3 Å². The summed E-state index contributed by atoms with van der Waals surface area (Å²) in [4.78, 5) is 10.4. The first-order valence-corrected chi connectivity index (χ1v) is 4.25. The Labute approximate surface area is 82.5 Å². The van der Waals surface area contributed by atoms with Crippen molar-refractivity contribution in [2.45, 2.75) is 6.42 Å². The molecule has 0 aromatic heterocycles. The summed E-state index contributed by atoms with van der Waals surface area (Å²) in [5.41, 5.74) is 5.70. The predicted octanol–water partition coefficient (Wildman–Crippen LogP) is 1.80. The molecule has 0 fully saturated rings. The molecule has 13 heavy (non-hydrogen) atoms. The molecule has 1 rings (SSSR count). The van der Waals surface area contributed by atoms with E-state index < -0.39 is 11.8 Å². The van der Waals surface area contributed by atoms with Crippen LogP contribution in [0.2, 0.25) is 0 Å². The van der Waals surface area contributed by atoms with E-state index in [-0.39, 0.29) is 12.1 Å². The van der Waals surface area contributed by atoms with E-state index in [2.05, 4.69) is 15.9 Å². The maximum absolute atomic E-state index is 12.8. The highest BCUT2D eigenvalue weighted by atomic mass is 79.9. The summed E-state index contributed by atoms with van der Waals surface area (Å²) in [5.74, 6) is -1.53. The number of rotatable bonds is 2. The number of hydrogen-bond acceptors (Lipinski definition) is 2. The van der Waals surface area contributed by atoms with E-state index in [1.807, 2.05) is 0 Å². The van der Waals surface area contributed by atoms with Gasteiger partial charge in [0.15, 0.2) is 0 Å². The summed E-state index contributed by atoms with van der Waals surface area (Å²) in [6, 6.07) is 2.47. The van der Waals surface area contributed by atoms with Crippen LogP contribution in [-0.2, 0) is 11.2 Å². The Bertz CT molecular complexity index is 354. The summed E-state index contributed by atoms with van der Waals surface area (Å²) < 4.78 is 13.2. The van der Waals surface area contributed by atoms with Crippen LogP contribution in [0.25, 0.3) is 0 Å². The summed E-state index contributed by atoms with van der Waals surface area (Å²) in [6.07, 6.45) is -0.176. The molecule has 0 amide bonds. The highest BCUT2D eigenvalue weighted by Gasteiger charge is 2.08. The van der Waals surface area contributed by atoms with Crippen molar-refractivity contribution >= 4 is 27.6 Å². The van der Waals surface area contributed by atoms with E-state index >= 15 is 0 Å². The Morgan fingerprint density at radius 1 is 1.62 bits per heavy atom. The Morgan fingerprint density at radius 3 is 2.77 bits per heavy atom. The van der Waals surface area contributed by atoms with Gasteiger partial charge in [0.1, 0.15) is 5.82 Å². The highest BCUT2D eigenvalue weighted by Crippen LogP contribution is 2.23. The molecular formula is C8H7BrFNO2. The van der Waals surface area contributed by atoms with Gasteiger partial charge in [-0.3, -0.25) is 4.79 Å². The quantitative estimate of drug-likeness (QED) is 0.784. The number of carbonyl (C=O) groups is 1. The van der Waals surface area contributed by atoms with E-state index in [9.17, 15) is 9.18 Å². The van der Waals surface area contributed by atoms with Gasteiger partial charge in [0.25, 0.3) is 0 Å². The molecule has 3 nitrogen and oxygen atoms in total. The van der Waals surface area contributed by atoms with Gasteiger partial charge in [0.2, 0.25) is 0 Å². The lowest BCUT2D eigenvalue weighted by atomic mass is 10.1. The topological polar surface area (TPSA) is 63.3 Å². The van der Waals surface area contributed by atoms with Crippen molar-refractivity contribution in [1.82, 2.24) is 0 Å². The minimum atomic E-state index is -0.980. The maximum atomic E-state index is 12.8. The largest absolute Gasteiger partial charge is 0.481 e. The third kappa shape index (κ3) is 2.42. The Morgan fingerprint density at radius 2 is 2.23 bits per heavy atom. The van der Waals surface area contributed by atoms with Gasteiger partial charge >= 0.3 is 5.97 Å². The number of aliphatic carboxylic acids is 1. The number of carboxylic acids is 1. The second-order valence-electron chi connectivity index (χ2n) is 2.54. The number of anilines is 1. The SMILES string of the molecule is Nc1cc(CC(=O)O)c(Br)cc1F. The zero-order valence-electron chi connectivity index (χ0n) is 6.55. The molecule has 0 saturated heterocycles. The standard InChI is InChI=1S/C8H7BrFNO2/c9-5-3-6(10)7(11)1-4(5)2-8(12)13/h1,3H,2,11H2,(H,12,13). The minimum absolute atomic E-state index is 0.0422. The molecule has 0 bridgehead atoms. The molecule has 1 aromatic rings. The normalized spacial score (nSPS) is 10.0. The molecule has 0 radical (unpaired) electrons. The molecule has 1 aromatic carbocycles. The first kappa shape index (κ1) is 9.98. The van der Waals surface area contributed by atoms with Crippen LogP contribution in [0, 0.1) is 5.82 Å². The van der Waals surface area contributed by atoms with Gasteiger partial charge in [-0.2, -0.15) is 0 Å². The molecular weight excluding hydrogens is 241 g/mol. The van der Waals surface area contributed by atoms with Gasteiger partial charge in [0.05, 0.1) is 12.1 Å². The van der Waals surface area contributed by atoms with Gasteiger partial charge in [-0.05, 0) is 17.7 Å². The molecule has 0 saturated carbocycles. The third-order valence-corrected chi connectivity index (χ3v) is 2.25. The summed E-state index contributed by atoms with van der Waals surface area (Å²) in [5, 5.41) is 8.50. The molecule has 5 heteroatoms. The molecule has 0 unspecified atom stereocenters. The van der Waals surface area contributed by atoms with E-state index in [1.165, 1.54) is 6.07 Å². The Hall–Kier alpha value is -1.10. The van der Waals surface area contributed by atoms with Gasteiger partial charge in [-0.1, -0.05) is 15.9 Å². The van der Waals surface area contributed by atoms with Gasteiger partial charge in [-0.15, -0.1) is 0 Å². The minimum Gasteiger partial charge on any atom is -0.481 e. The maximum Gasteiger partial charge on any atom is 0.307 e. The molecule has 0 spiro atoms. The molecule has 0 atom stereocenters. The lowest BCUT2D eigenvalue weighted by Crippen LogP contribution is -2.02. The predicted molar refractivity (Wildman–Crippen MR) is 49.9 cm³/mol. The van der Waals surface area contributed by atoms with Crippen molar-refractivity contribution in [2.75, 3.05) is 5.73 Å². The van der Waals surface area contributed by atoms with Crippen molar-refractivity contribution in [2.24, 2.45) is 0 Å². The Kier molecular flexibility index (Phi) is 2.87. The Balaban J connectivity index is 3.08. The van der Waals surface area contributed by atoms with Crippen LogP contribution in [0.5, 0.6) is 0 Å². The average molecular weight is 248 g/mol. The molecule has 0 aliphatic carbocycles. The van der Waals surface area contributed by atoms with Crippen molar-refractivity contribution in [3.8, 4) is 0 Å². The zero-order valence-corrected chi connectivity index (χ0v) is 8.14. The number of nitrogen functional groups attached to an aromatic ring is 1. The zero-order chi connectivity index (χ0) is 10.0. The fraction of sp³-hybridized carbons (Fsp3) is 0.125. The van der Waals surface area contributed by atoms with Crippen molar-refractivity contribution in [1.29, 1.82) is 0 Å². The number of nitrogens with two attached hydrogens (primary N) is 1. The van der Waals surface area contributed by atoms with E-state index in [4.69, 9.17) is 10.8 Å². The number of halogens is 2. The fourth-order valence-corrected chi connectivity index (χ4v) is 1.37. The first-order chi connectivity index (χ1) is 6.00. The van der Waals surface area contributed by atoms with Gasteiger partial charge < -0.3 is 10.8 Å². The summed E-state index contributed by atoms with van der Waals surface area (Å²) in [6.45, 7) is 0. The van der Waals surface area contributed by atoms with E-state index in [0.717, 1.165) is 6.07 Å². The lowest BCUT2D eigenvalue weighted by molar-refractivity contribution is -0.136. The molecule has 3 N–H and O–H groups in total. The van der Waals surface area contributed by atoms with Crippen LogP contribution >= 0.6 is 15.9 Å². The molecule has 70 valence electrons. The average Bonchev–Trinajstić information content (AvgIpc) is 1.99. The van der Waals surface area contributed by atoms with Crippen LogP contribution in [-0.4, -0.2) is 11.1 Å². The first-order valence-electron chi connectivity index (χ1n) is 3.46. The number of carboxylic acid groups (broad SMARTS) is 1. The van der Waals surface area contributed by atoms with Gasteiger partial charge in [-0.25, -0.2) is 4.39 Å².